The quantitative estimate of drug-likeness (QED) is 0.333. The van der Waals surface area contributed by atoms with Crippen molar-refractivity contribution in [3.05, 3.63) is 59.5 Å². The van der Waals surface area contributed by atoms with Gasteiger partial charge in [-0.3, -0.25) is 0 Å². The lowest BCUT2D eigenvalue weighted by atomic mass is 9.94. The average molecular weight is 354 g/mol. The highest BCUT2D eigenvalue weighted by atomic mass is 16.3. The molecule has 1 heterocycles. The van der Waals surface area contributed by atoms with Crippen molar-refractivity contribution >= 4 is 11.8 Å². The molecule has 5 heteroatoms. The van der Waals surface area contributed by atoms with E-state index in [-0.39, 0.29) is 12.3 Å². The van der Waals surface area contributed by atoms with Gasteiger partial charge in [0.1, 0.15) is 11.6 Å². The van der Waals surface area contributed by atoms with E-state index < -0.39 is 0 Å². The molecule has 1 aromatic rings. The fourth-order valence-corrected chi connectivity index (χ4v) is 2.69. The lowest BCUT2D eigenvalue weighted by Crippen LogP contribution is -2.11. The Kier molecular flexibility index (Phi) is 7.45. The summed E-state index contributed by atoms with van der Waals surface area (Å²) in [5, 5.41) is 16.6. The van der Waals surface area contributed by atoms with E-state index in [2.05, 4.69) is 59.3 Å². The third-order valence-corrected chi connectivity index (χ3v) is 4.10. The van der Waals surface area contributed by atoms with Crippen LogP contribution in [0.2, 0.25) is 0 Å². The van der Waals surface area contributed by atoms with E-state index in [4.69, 9.17) is 0 Å². The van der Waals surface area contributed by atoms with Gasteiger partial charge in [-0.25, -0.2) is 4.98 Å². The summed E-state index contributed by atoms with van der Waals surface area (Å²) in [6, 6.07) is 1.92. The molecule has 2 rings (SSSR count). The van der Waals surface area contributed by atoms with E-state index in [1.54, 1.807) is 6.08 Å². The number of aryl methyl sites for hydroxylation is 1. The monoisotopic (exact) mass is 354 g/mol. The highest BCUT2D eigenvalue weighted by molar-refractivity contribution is 5.47. The van der Waals surface area contributed by atoms with Gasteiger partial charge in [0.2, 0.25) is 5.95 Å². The van der Waals surface area contributed by atoms with Gasteiger partial charge in [-0.1, -0.05) is 45.1 Å². The van der Waals surface area contributed by atoms with Gasteiger partial charge in [-0.05, 0) is 42.9 Å². The molecule has 0 aromatic carbocycles. The molecular weight excluding hydrogens is 324 g/mol. The summed E-state index contributed by atoms with van der Waals surface area (Å²) in [6.45, 7) is 11.4. The van der Waals surface area contributed by atoms with Crippen LogP contribution in [0.3, 0.4) is 0 Å². The van der Waals surface area contributed by atoms with Gasteiger partial charge < -0.3 is 15.7 Å². The van der Waals surface area contributed by atoms with E-state index in [1.165, 1.54) is 0 Å². The third kappa shape index (κ3) is 6.39. The van der Waals surface area contributed by atoms with Gasteiger partial charge in [-0.15, -0.1) is 0 Å². The number of nitrogens with zero attached hydrogens (tertiary/aromatic N) is 2. The van der Waals surface area contributed by atoms with Crippen molar-refractivity contribution in [1.29, 1.82) is 0 Å². The molecule has 1 aliphatic carbocycles. The average Bonchev–Trinajstić information content (AvgIpc) is 2.60. The Morgan fingerprint density at radius 1 is 1.38 bits per heavy atom. The van der Waals surface area contributed by atoms with Crippen LogP contribution in [0, 0.1) is 12.8 Å². The minimum Gasteiger partial charge on any atom is -0.510 e. The zero-order valence-electron chi connectivity index (χ0n) is 16.0. The second kappa shape index (κ2) is 9.80. The standard InChI is InChI=1S/C21H30N4O/c1-5-6-10-22-20-13-17(4)24-21(25-20)23-14-19(26)12-16(3)18-9-7-8-15(2)11-18/h7,9,11-13,15,26H,3,5-6,8,10,14H2,1-2,4H3,(H2,22,23,24,25)/b19-12-. The largest absolute Gasteiger partial charge is 0.510 e. The van der Waals surface area contributed by atoms with Crippen LogP contribution in [0.1, 0.15) is 38.8 Å². The molecule has 0 aliphatic heterocycles. The number of nitrogens with one attached hydrogen (secondary N) is 2. The second-order valence-corrected chi connectivity index (χ2v) is 6.75. The predicted octanol–water partition coefficient (Wildman–Crippen LogP) is 4.93. The molecule has 5 nitrogen and oxygen atoms in total. The molecule has 1 aliphatic rings. The van der Waals surface area contributed by atoms with Crippen LogP contribution >= 0.6 is 0 Å². The number of unbranched alkanes of at least 4 members (excludes halogenated alkanes) is 1. The van der Waals surface area contributed by atoms with Gasteiger partial charge in [0.15, 0.2) is 0 Å². The molecule has 1 unspecified atom stereocenters. The van der Waals surface area contributed by atoms with Crippen LogP contribution in [-0.2, 0) is 0 Å². The number of allylic oxidation sites excluding steroid dienone is 6. The maximum atomic E-state index is 10.2. The Balaban J connectivity index is 1.94. The van der Waals surface area contributed by atoms with Crippen LogP contribution in [-0.4, -0.2) is 28.2 Å². The number of hydrogen-bond acceptors (Lipinski definition) is 5. The van der Waals surface area contributed by atoms with Crippen LogP contribution in [0.25, 0.3) is 0 Å². The number of aliphatic hydroxyl groups excluding tert-OH is 1. The fourth-order valence-electron chi connectivity index (χ4n) is 2.69. The molecule has 3 N–H and O–H groups in total. The fraction of sp³-hybridized carbons (Fsp3) is 0.429. The molecule has 1 aromatic heterocycles. The summed E-state index contributed by atoms with van der Waals surface area (Å²) in [6.07, 6.45) is 11.3. The number of rotatable bonds is 9. The summed E-state index contributed by atoms with van der Waals surface area (Å²) in [4.78, 5) is 8.81. The lowest BCUT2D eigenvalue weighted by molar-refractivity contribution is 0.407. The molecule has 26 heavy (non-hydrogen) atoms. The first kappa shape index (κ1) is 19.8. The van der Waals surface area contributed by atoms with Gasteiger partial charge in [0.25, 0.3) is 0 Å². The third-order valence-electron chi connectivity index (χ3n) is 4.10. The van der Waals surface area contributed by atoms with E-state index in [0.29, 0.717) is 11.9 Å². The molecule has 0 amide bonds. The highest BCUT2D eigenvalue weighted by Crippen LogP contribution is 2.22. The Labute approximate surface area is 156 Å². The number of aromatic nitrogens is 2. The van der Waals surface area contributed by atoms with Crippen molar-refractivity contribution in [3.8, 4) is 0 Å². The second-order valence-electron chi connectivity index (χ2n) is 6.75. The Morgan fingerprint density at radius 2 is 2.19 bits per heavy atom. The molecular formula is C21H30N4O. The smallest absolute Gasteiger partial charge is 0.225 e. The number of anilines is 2. The maximum Gasteiger partial charge on any atom is 0.225 e. The Morgan fingerprint density at radius 3 is 2.92 bits per heavy atom. The van der Waals surface area contributed by atoms with Crippen LogP contribution < -0.4 is 10.6 Å². The summed E-state index contributed by atoms with van der Waals surface area (Å²) in [5.41, 5.74) is 2.74. The normalized spacial score (nSPS) is 17.0. The van der Waals surface area contributed by atoms with Crippen molar-refractivity contribution in [1.82, 2.24) is 9.97 Å². The molecule has 0 spiro atoms. The Bertz CT molecular complexity index is 719. The molecule has 0 radical (unpaired) electrons. The van der Waals surface area contributed by atoms with Crippen molar-refractivity contribution in [2.24, 2.45) is 5.92 Å². The minimum absolute atomic E-state index is 0.202. The van der Waals surface area contributed by atoms with E-state index in [0.717, 1.165) is 48.5 Å². The Hall–Kier alpha value is -2.56. The summed E-state index contributed by atoms with van der Waals surface area (Å²) in [5.74, 6) is 2.00. The first-order valence-electron chi connectivity index (χ1n) is 9.28. The van der Waals surface area contributed by atoms with Crippen molar-refractivity contribution in [2.75, 3.05) is 23.7 Å². The highest BCUT2D eigenvalue weighted by Gasteiger charge is 2.07. The molecule has 1 atom stereocenters. The van der Waals surface area contributed by atoms with E-state index in [1.807, 2.05) is 13.0 Å². The van der Waals surface area contributed by atoms with Gasteiger partial charge in [0, 0.05) is 18.3 Å². The first-order valence-corrected chi connectivity index (χ1v) is 9.28. The molecule has 0 bridgehead atoms. The van der Waals surface area contributed by atoms with E-state index >= 15 is 0 Å². The molecule has 0 fully saturated rings. The van der Waals surface area contributed by atoms with Crippen molar-refractivity contribution in [2.45, 2.75) is 40.0 Å². The van der Waals surface area contributed by atoms with Crippen LogP contribution in [0.15, 0.2) is 53.9 Å². The molecule has 140 valence electrons. The summed E-state index contributed by atoms with van der Waals surface area (Å²) < 4.78 is 0. The number of hydrogen-bond donors (Lipinski definition) is 3. The number of aliphatic hydroxyl groups is 1. The SMILES string of the molecule is C=C(/C=C(\O)CNc1nc(C)cc(NCCCC)n1)C1=CC(C)CC=C1. The minimum atomic E-state index is 0.202. The van der Waals surface area contributed by atoms with Gasteiger partial charge in [-0.2, -0.15) is 4.98 Å². The predicted molar refractivity (Wildman–Crippen MR) is 110 cm³/mol. The van der Waals surface area contributed by atoms with Gasteiger partial charge >= 0.3 is 0 Å². The lowest BCUT2D eigenvalue weighted by Gasteiger charge is -2.13. The van der Waals surface area contributed by atoms with Crippen molar-refractivity contribution < 1.29 is 5.11 Å². The zero-order chi connectivity index (χ0) is 18.9. The summed E-state index contributed by atoms with van der Waals surface area (Å²) >= 11 is 0. The zero-order valence-corrected chi connectivity index (χ0v) is 16.0. The molecule has 0 saturated carbocycles. The maximum absolute atomic E-state index is 10.2. The topological polar surface area (TPSA) is 70.1 Å². The first-order chi connectivity index (χ1) is 12.5. The summed E-state index contributed by atoms with van der Waals surface area (Å²) in [7, 11) is 0. The van der Waals surface area contributed by atoms with Gasteiger partial charge in [0.05, 0.1) is 6.54 Å². The van der Waals surface area contributed by atoms with Crippen molar-refractivity contribution in [3.63, 3.8) is 0 Å². The van der Waals surface area contributed by atoms with Crippen LogP contribution in [0.5, 0.6) is 0 Å². The van der Waals surface area contributed by atoms with E-state index in [9.17, 15) is 5.11 Å². The molecule has 0 saturated heterocycles. The van der Waals surface area contributed by atoms with Crippen LogP contribution in [0.4, 0.5) is 11.8 Å².